The number of benzene rings is 1. The first-order valence-electron chi connectivity index (χ1n) is 8.47. The lowest BCUT2D eigenvalue weighted by atomic mass is 10.1. The van der Waals surface area contributed by atoms with Crippen LogP contribution in [0.25, 0.3) is 0 Å². The Bertz CT molecular complexity index is 927. The molecule has 9 heteroatoms. The molecule has 7 nitrogen and oxygen atoms in total. The highest BCUT2D eigenvalue weighted by molar-refractivity contribution is 7.89. The standard InChI is InChI=1S/C18H21ClN4O3S/c1-21(2)27(25,26)17-13-14(3-4-16(17)19)18(24)23-11-9-22(10-12-23)15-5-7-20-8-6-15/h3-8,13H,9-12H2,1-2H3. The Labute approximate surface area is 164 Å². The number of anilines is 1. The van der Waals surface area contributed by atoms with Crippen LogP contribution in [0.3, 0.4) is 0 Å². The van der Waals surface area contributed by atoms with E-state index in [1.807, 2.05) is 12.1 Å². The number of rotatable bonds is 4. The van der Waals surface area contributed by atoms with Crippen molar-refractivity contribution in [2.45, 2.75) is 4.90 Å². The molecular formula is C18H21ClN4O3S. The minimum absolute atomic E-state index is 0.0598. The average molecular weight is 409 g/mol. The van der Waals surface area contributed by atoms with Crippen molar-refractivity contribution >= 4 is 33.2 Å². The van der Waals surface area contributed by atoms with Crippen molar-refractivity contribution in [1.29, 1.82) is 0 Å². The zero-order valence-corrected chi connectivity index (χ0v) is 16.7. The molecule has 1 amide bonds. The van der Waals surface area contributed by atoms with Gasteiger partial charge in [0.05, 0.1) is 5.02 Å². The van der Waals surface area contributed by atoms with Gasteiger partial charge in [-0.3, -0.25) is 9.78 Å². The van der Waals surface area contributed by atoms with Gasteiger partial charge in [-0.15, -0.1) is 0 Å². The van der Waals surface area contributed by atoms with E-state index in [-0.39, 0.29) is 15.8 Å². The molecule has 1 fully saturated rings. The number of hydrogen-bond acceptors (Lipinski definition) is 5. The fourth-order valence-electron chi connectivity index (χ4n) is 2.94. The molecule has 1 aromatic carbocycles. The maximum Gasteiger partial charge on any atom is 0.254 e. The second-order valence-electron chi connectivity index (χ2n) is 6.42. The number of halogens is 1. The summed E-state index contributed by atoms with van der Waals surface area (Å²) < 4.78 is 25.9. The zero-order chi connectivity index (χ0) is 19.6. The van der Waals surface area contributed by atoms with Crippen LogP contribution in [-0.4, -0.2) is 68.8 Å². The van der Waals surface area contributed by atoms with Gasteiger partial charge < -0.3 is 9.80 Å². The summed E-state index contributed by atoms with van der Waals surface area (Å²) in [7, 11) is -0.865. The summed E-state index contributed by atoms with van der Waals surface area (Å²) in [6, 6.07) is 8.26. The van der Waals surface area contributed by atoms with E-state index in [0.717, 1.165) is 9.99 Å². The van der Waals surface area contributed by atoms with E-state index < -0.39 is 10.0 Å². The third-order valence-corrected chi connectivity index (χ3v) is 6.83. The Balaban J connectivity index is 1.76. The first kappa shape index (κ1) is 19.6. The Kier molecular flexibility index (Phi) is 5.69. The van der Waals surface area contributed by atoms with Gasteiger partial charge in [-0.25, -0.2) is 12.7 Å². The van der Waals surface area contributed by atoms with Crippen LogP contribution in [0, 0.1) is 0 Å². The molecule has 0 bridgehead atoms. The number of pyridine rings is 1. The molecule has 1 aromatic heterocycles. The summed E-state index contributed by atoms with van der Waals surface area (Å²) in [5.74, 6) is -0.198. The van der Waals surface area contributed by atoms with Gasteiger partial charge in [0.15, 0.2) is 0 Å². The summed E-state index contributed by atoms with van der Waals surface area (Å²) in [6.45, 7) is 2.51. The van der Waals surface area contributed by atoms with Gasteiger partial charge in [0.2, 0.25) is 10.0 Å². The Hall–Kier alpha value is -2.16. The predicted octanol–water partition coefficient (Wildman–Crippen LogP) is 1.95. The van der Waals surface area contributed by atoms with Gasteiger partial charge in [-0.05, 0) is 30.3 Å². The van der Waals surface area contributed by atoms with E-state index in [1.54, 1.807) is 23.4 Å². The van der Waals surface area contributed by atoms with Crippen LogP contribution in [-0.2, 0) is 10.0 Å². The van der Waals surface area contributed by atoms with Crippen molar-refractivity contribution in [2.24, 2.45) is 0 Å². The topological polar surface area (TPSA) is 73.8 Å². The van der Waals surface area contributed by atoms with Crippen LogP contribution < -0.4 is 4.90 Å². The largest absolute Gasteiger partial charge is 0.368 e. The molecule has 0 unspecified atom stereocenters. The van der Waals surface area contributed by atoms with E-state index in [9.17, 15) is 13.2 Å². The number of carbonyl (C=O) groups excluding carboxylic acids is 1. The summed E-state index contributed by atoms with van der Waals surface area (Å²) in [5, 5.41) is 0.0998. The first-order chi connectivity index (χ1) is 12.8. The van der Waals surface area contributed by atoms with Gasteiger partial charge in [0, 0.05) is 63.9 Å². The second-order valence-corrected chi connectivity index (χ2v) is 8.94. The minimum atomic E-state index is -3.72. The highest BCUT2D eigenvalue weighted by Crippen LogP contribution is 2.26. The van der Waals surface area contributed by atoms with Crippen molar-refractivity contribution in [3.05, 3.63) is 53.3 Å². The molecule has 2 aromatic rings. The van der Waals surface area contributed by atoms with Crippen molar-refractivity contribution < 1.29 is 13.2 Å². The lowest BCUT2D eigenvalue weighted by Crippen LogP contribution is -2.48. The average Bonchev–Trinajstić information content (AvgIpc) is 2.68. The van der Waals surface area contributed by atoms with Crippen molar-refractivity contribution in [3.8, 4) is 0 Å². The number of hydrogen-bond donors (Lipinski definition) is 0. The van der Waals surface area contributed by atoms with Gasteiger partial charge in [-0.1, -0.05) is 11.6 Å². The minimum Gasteiger partial charge on any atom is -0.368 e. The molecule has 0 atom stereocenters. The van der Waals surface area contributed by atoms with Crippen LogP contribution in [0.15, 0.2) is 47.6 Å². The number of aromatic nitrogens is 1. The third kappa shape index (κ3) is 4.07. The number of carbonyl (C=O) groups is 1. The van der Waals surface area contributed by atoms with Gasteiger partial charge in [0.25, 0.3) is 5.91 Å². The van der Waals surface area contributed by atoms with Crippen molar-refractivity contribution in [3.63, 3.8) is 0 Å². The maximum absolute atomic E-state index is 12.8. The van der Waals surface area contributed by atoms with Gasteiger partial charge in [0.1, 0.15) is 4.90 Å². The zero-order valence-electron chi connectivity index (χ0n) is 15.2. The van der Waals surface area contributed by atoms with Crippen LogP contribution in [0.1, 0.15) is 10.4 Å². The molecule has 1 aliphatic rings. The van der Waals surface area contributed by atoms with Gasteiger partial charge >= 0.3 is 0 Å². The summed E-state index contributed by atoms with van der Waals surface area (Å²) in [4.78, 5) is 20.7. The first-order valence-corrected chi connectivity index (χ1v) is 10.3. The van der Waals surface area contributed by atoms with Crippen molar-refractivity contribution in [1.82, 2.24) is 14.2 Å². The lowest BCUT2D eigenvalue weighted by Gasteiger charge is -2.36. The summed E-state index contributed by atoms with van der Waals surface area (Å²) >= 11 is 6.06. The number of nitrogens with zero attached hydrogens (tertiary/aromatic N) is 4. The summed E-state index contributed by atoms with van der Waals surface area (Å²) in [6.07, 6.45) is 3.49. The SMILES string of the molecule is CN(C)S(=O)(=O)c1cc(C(=O)N2CCN(c3ccncc3)CC2)ccc1Cl. The Morgan fingerprint density at radius 3 is 2.30 bits per heavy atom. The molecule has 0 N–H and O–H groups in total. The molecule has 1 aliphatic heterocycles. The molecule has 0 radical (unpaired) electrons. The monoisotopic (exact) mass is 408 g/mol. The number of amides is 1. The van der Waals surface area contributed by atoms with Crippen LogP contribution in [0.4, 0.5) is 5.69 Å². The molecule has 144 valence electrons. The summed E-state index contributed by atoms with van der Waals surface area (Å²) in [5.41, 5.74) is 1.39. The molecule has 0 saturated carbocycles. The van der Waals surface area contributed by atoms with Gasteiger partial charge in [-0.2, -0.15) is 0 Å². The smallest absolute Gasteiger partial charge is 0.254 e. The molecule has 27 heavy (non-hydrogen) atoms. The molecule has 0 spiro atoms. The van der Waals surface area contributed by atoms with Crippen LogP contribution in [0.5, 0.6) is 0 Å². The van der Waals surface area contributed by atoms with Crippen molar-refractivity contribution in [2.75, 3.05) is 45.2 Å². The van der Waals surface area contributed by atoms with E-state index in [0.29, 0.717) is 31.7 Å². The number of sulfonamides is 1. The van der Waals surface area contributed by atoms with E-state index in [4.69, 9.17) is 11.6 Å². The fraction of sp³-hybridized carbons (Fsp3) is 0.333. The molecule has 3 rings (SSSR count). The molecular weight excluding hydrogens is 388 g/mol. The van der Waals surface area contributed by atoms with E-state index in [2.05, 4.69) is 9.88 Å². The fourth-order valence-corrected chi connectivity index (χ4v) is 4.33. The molecule has 0 aliphatic carbocycles. The second kappa shape index (κ2) is 7.84. The molecule has 2 heterocycles. The quantitative estimate of drug-likeness (QED) is 0.773. The highest BCUT2D eigenvalue weighted by atomic mass is 35.5. The van der Waals surface area contributed by atoms with Crippen LogP contribution in [0.2, 0.25) is 5.02 Å². The van der Waals surface area contributed by atoms with Crippen LogP contribution >= 0.6 is 11.6 Å². The normalized spacial score (nSPS) is 15.3. The molecule has 1 saturated heterocycles. The third-order valence-electron chi connectivity index (χ3n) is 4.53. The maximum atomic E-state index is 12.8. The predicted molar refractivity (Wildman–Crippen MR) is 105 cm³/mol. The lowest BCUT2D eigenvalue weighted by molar-refractivity contribution is 0.0746. The van der Waals surface area contributed by atoms with E-state index in [1.165, 1.54) is 26.2 Å². The van der Waals surface area contributed by atoms with E-state index >= 15 is 0 Å². The highest BCUT2D eigenvalue weighted by Gasteiger charge is 2.26. The Morgan fingerprint density at radius 1 is 1.07 bits per heavy atom. The number of piperazine rings is 1. The Morgan fingerprint density at radius 2 is 1.70 bits per heavy atom.